The molecule has 6 nitrogen and oxygen atoms in total. The molecule has 3 aromatic rings. The summed E-state index contributed by atoms with van der Waals surface area (Å²) in [6.45, 7) is 3.34. The quantitative estimate of drug-likeness (QED) is 0.591. The van der Waals surface area contributed by atoms with Crippen molar-refractivity contribution in [2.24, 2.45) is 0 Å². The molecular weight excluding hydrogens is 374 g/mol. The Morgan fingerprint density at radius 2 is 2.00 bits per heavy atom. The highest BCUT2D eigenvalue weighted by atomic mass is 32.1. The molecule has 2 heterocycles. The summed E-state index contributed by atoms with van der Waals surface area (Å²) >= 11 is 5.34. The first-order chi connectivity index (χ1) is 13.6. The van der Waals surface area contributed by atoms with E-state index in [1.807, 2.05) is 37.3 Å². The lowest BCUT2D eigenvalue weighted by atomic mass is 9.90. The number of nitrogens with two attached hydrogens (primary N) is 1. The van der Waals surface area contributed by atoms with Crippen molar-refractivity contribution in [1.29, 1.82) is 0 Å². The standard InChI is InChI=1S/C21H21N3O3S/c1-2-27-15-9-7-14(8-10-15)24-20(26)17(19(25)23-21(24)28)18-16-6-4-3-5-13(16)11-12-22-18/h3-10,18,22,26H,2,11-12H2,1H3,(H,23,25,28)/p+1/t18-/m0/s1. The van der Waals surface area contributed by atoms with Gasteiger partial charge >= 0.3 is 0 Å². The highest BCUT2D eigenvalue weighted by Gasteiger charge is 2.31. The maximum absolute atomic E-state index is 12.8. The van der Waals surface area contributed by atoms with Crippen LogP contribution in [0, 0.1) is 4.77 Å². The number of aromatic amines is 1. The molecule has 0 aliphatic carbocycles. The molecule has 1 aliphatic heterocycles. The summed E-state index contributed by atoms with van der Waals surface area (Å²) in [6.07, 6.45) is 0.934. The minimum absolute atomic E-state index is 0.129. The molecule has 144 valence electrons. The lowest BCUT2D eigenvalue weighted by Gasteiger charge is -2.24. The third-order valence-corrected chi connectivity index (χ3v) is 5.33. The van der Waals surface area contributed by atoms with Gasteiger partial charge in [-0.3, -0.25) is 14.3 Å². The van der Waals surface area contributed by atoms with E-state index in [-0.39, 0.29) is 22.3 Å². The molecule has 0 unspecified atom stereocenters. The Morgan fingerprint density at radius 3 is 2.75 bits per heavy atom. The van der Waals surface area contributed by atoms with Gasteiger partial charge in [0.15, 0.2) is 4.77 Å². The van der Waals surface area contributed by atoms with Gasteiger partial charge in [0, 0.05) is 12.0 Å². The number of rotatable bonds is 4. The first kappa shape index (κ1) is 18.5. The van der Waals surface area contributed by atoms with Crippen molar-refractivity contribution in [2.45, 2.75) is 19.4 Å². The van der Waals surface area contributed by atoms with E-state index in [9.17, 15) is 9.90 Å². The smallest absolute Gasteiger partial charge is 0.265 e. The Hall–Kier alpha value is -2.90. The minimum Gasteiger partial charge on any atom is -0.494 e. The van der Waals surface area contributed by atoms with Gasteiger partial charge in [-0.2, -0.15) is 0 Å². The van der Waals surface area contributed by atoms with Crippen molar-refractivity contribution in [3.8, 4) is 17.3 Å². The van der Waals surface area contributed by atoms with Crippen LogP contribution in [0.2, 0.25) is 0 Å². The molecule has 28 heavy (non-hydrogen) atoms. The maximum atomic E-state index is 12.8. The van der Waals surface area contributed by atoms with Crippen molar-refractivity contribution in [2.75, 3.05) is 13.2 Å². The van der Waals surface area contributed by atoms with E-state index < -0.39 is 0 Å². The molecule has 0 spiro atoms. The van der Waals surface area contributed by atoms with Crippen LogP contribution < -0.4 is 15.6 Å². The summed E-state index contributed by atoms with van der Waals surface area (Å²) in [7, 11) is 0. The number of fused-ring (bicyclic) bond motifs is 1. The zero-order valence-electron chi connectivity index (χ0n) is 15.5. The van der Waals surface area contributed by atoms with Crippen molar-refractivity contribution in [3.05, 3.63) is 80.3 Å². The van der Waals surface area contributed by atoms with E-state index in [1.54, 1.807) is 12.1 Å². The molecule has 0 fully saturated rings. The van der Waals surface area contributed by atoms with Gasteiger partial charge in [0.1, 0.15) is 17.4 Å². The summed E-state index contributed by atoms with van der Waals surface area (Å²) in [5.74, 6) is 0.604. The summed E-state index contributed by atoms with van der Waals surface area (Å²) in [5, 5.41) is 13.2. The van der Waals surface area contributed by atoms with Gasteiger partial charge in [-0.05, 0) is 49.0 Å². The van der Waals surface area contributed by atoms with E-state index in [0.717, 1.165) is 24.3 Å². The van der Waals surface area contributed by atoms with Crippen molar-refractivity contribution in [3.63, 3.8) is 0 Å². The average molecular weight is 396 g/mol. The van der Waals surface area contributed by atoms with Crippen LogP contribution in [0.5, 0.6) is 11.6 Å². The molecule has 0 saturated carbocycles. The number of quaternary nitrogens is 1. The Morgan fingerprint density at radius 1 is 1.25 bits per heavy atom. The molecule has 1 atom stereocenters. The number of benzene rings is 2. The van der Waals surface area contributed by atoms with Crippen molar-refractivity contribution in [1.82, 2.24) is 9.55 Å². The number of nitrogens with one attached hydrogen (secondary N) is 1. The molecule has 2 aromatic carbocycles. The van der Waals surface area contributed by atoms with Crippen LogP contribution >= 0.6 is 12.2 Å². The lowest BCUT2D eigenvalue weighted by molar-refractivity contribution is -0.690. The Bertz CT molecular complexity index is 1120. The van der Waals surface area contributed by atoms with Crippen LogP contribution in [-0.2, 0) is 6.42 Å². The summed E-state index contributed by atoms with van der Waals surface area (Å²) in [5.41, 5.74) is 2.86. The van der Waals surface area contributed by atoms with Gasteiger partial charge in [-0.25, -0.2) is 0 Å². The zero-order chi connectivity index (χ0) is 19.7. The number of aromatic hydroxyl groups is 1. The third-order valence-electron chi connectivity index (χ3n) is 5.04. The zero-order valence-corrected chi connectivity index (χ0v) is 16.3. The molecule has 0 radical (unpaired) electrons. The van der Waals surface area contributed by atoms with Crippen LogP contribution in [0.15, 0.2) is 53.3 Å². The first-order valence-corrected chi connectivity index (χ1v) is 9.73. The number of H-pyrrole nitrogens is 1. The highest BCUT2D eigenvalue weighted by molar-refractivity contribution is 7.71. The summed E-state index contributed by atoms with van der Waals surface area (Å²) < 4.78 is 7.12. The van der Waals surface area contributed by atoms with Gasteiger partial charge in [0.05, 0.1) is 18.8 Å². The van der Waals surface area contributed by atoms with E-state index in [2.05, 4.69) is 16.4 Å². The average Bonchev–Trinajstić information content (AvgIpc) is 2.69. The predicted molar refractivity (Wildman–Crippen MR) is 109 cm³/mol. The van der Waals surface area contributed by atoms with E-state index in [0.29, 0.717) is 17.9 Å². The van der Waals surface area contributed by atoms with Crippen LogP contribution in [0.25, 0.3) is 5.69 Å². The van der Waals surface area contributed by atoms with Crippen LogP contribution in [0.3, 0.4) is 0 Å². The summed E-state index contributed by atoms with van der Waals surface area (Å²) in [4.78, 5) is 15.5. The normalized spacial score (nSPS) is 15.8. The lowest BCUT2D eigenvalue weighted by Crippen LogP contribution is -2.87. The Labute approximate surface area is 167 Å². The molecule has 0 amide bonds. The molecule has 7 heteroatoms. The van der Waals surface area contributed by atoms with Crippen LogP contribution in [-0.4, -0.2) is 27.8 Å². The van der Waals surface area contributed by atoms with Crippen molar-refractivity contribution < 1.29 is 15.2 Å². The second kappa shape index (κ2) is 7.61. The van der Waals surface area contributed by atoms with Gasteiger partial charge in [0.25, 0.3) is 5.56 Å². The molecule has 4 N–H and O–H groups in total. The largest absolute Gasteiger partial charge is 0.494 e. The molecule has 0 saturated heterocycles. The number of hydrogen-bond acceptors (Lipinski definition) is 4. The fourth-order valence-corrected chi connectivity index (χ4v) is 4.07. The van der Waals surface area contributed by atoms with E-state index >= 15 is 0 Å². The van der Waals surface area contributed by atoms with Crippen LogP contribution in [0.4, 0.5) is 0 Å². The predicted octanol–water partition coefficient (Wildman–Crippen LogP) is 2.21. The van der Waals surface area contributed by atoms with Crippen molar-refractivity contribution >= 4 is 12.2 Å². The van der Waals surface area contributed by atoms with Gasteiger partial charge in [-0.15, -0.1) is 0 Å². The number of nitrogens with zero attached hydrogens (tertiary/aromatic N) is 1. The molecule has 1 aliphatic rings. The number of aromatic nitrogens is 2. The SMILES string of the molecule is CCOc1ccc(-n2c(O)c([C@H]3[NH2+]CCc4ccccc43)c(=O)[nH]c2=S)cc1. The maximum Gasteiger partial charge on any atom is 0.265 e. The fourth-order valence-electron chi connectivity index (χ4n) is 3.79. The van der Waals surface area contributed by atoms with E-state index in [4.69, 9.17) is 17.0 Å². The Balaban J connectivity index is 1.86. The van der Waals surface area contributed by atoms with Crippen LogP contribution in [0.1, 0.15) is 29.7 Å². The third kappa shape index (κ3) is 3.23. The van der Waals surface area contributed by atoms with Gasteiger partial charge in [0.2, 0.25) is 5.88 Å². The number of ether oxygens (including phenoxy) is 1. The molecule has 0 bridgehead atoms. The minimum atomic E-state index is -0.359. The van der Waals surface area contributed by atoms with Gasteiger partial charge < -0.3 is 15.2 Å². The first-order valence-electron chi connectivity index (χ1n) is 9.32. The highest BCUT2D eigenvalue weighted by Crippen LogP contribution is 2.29. The molecule has 4 rings (SSSR count). The second-order valence-corrected chi connectivity index (χ2v) is 7.10. The fraction of sp³-hybridized carbons (Fsp3) is 0.238. The Kier molecular flexibility index (Phi) is 5.02. The molecular formula is C21H22N3O3S+. The number of hydrogen-bond donors (Lipinski definition) is 3. The van der Waals surface area contributed by atoms with E-state index in [1.165, 1.54) is 10.1 Å². The summed E-state index contributed by atoms with van der Waals surface area (Å²) in [6, 6.07) is 15.0. The second-order valence-electron chi connectivity index (χ2n) is 6.71. The van der Waals surface area contributed by atoms with Gasteiger partial charge in [-0.1, -0.05) is 24.3 Å². The topological polar surface area (TPSA) is 83.9 Å². The molecule has 1 aromatic heterocycles. The monoisotopic (exact) mass is 396 g/mol.